The van der Waals surface area contributed by atoms with Crippen LogP contribution in [0.2, 0.25) is 0 Å². The van der Waals surface area contributed by atoms with E-state index in [1.807, 2.05) is 6.92 Å². The zero-order valence-corrected chi connectivity index (χ0v) is 15.5. The lowest BCUT2D eigenvalue weighted by Gasteiger charge is -2.10. The first-order valence-electron chi connectivity index (χ1n) is 8.77. The van der Waals surface area contributed by atoms with Gasteiger partial charge >= 0.3 is 0 Å². The average Bonchev–Trinajstić information content (AvgIpc) is 2.70. The minimum atomic E-state index is -0.233. The monoisotopic (exact) mass is 368 g/mol. The van der Waals surface area contributed by atoms with Gasteiger partial charge in [0.1, 0.15) is 0 Å². The predicted molar refractivity (Wildman–Crippen MR) is 106 cm³/mol. The lowest BCUT2D eigenvalue weighted by Crippen LogP contribution is -2.24. The summed E-state index contributed by atoms with van der Waals surface area (Å²) in [5.74, 6) is -0.554. The van der Waals surface area contributed by atoms with Crippen LogP contribution in [0, 0.1) is 0 Å². The van der Waals surface area contributed by atoms with Gasteiger partial charge in [-0.2, -0.15) is 0 Å². The van der Waals surface area contributed by atoms with Gasteiger partial charge in [0.25, 0.3) is 11.8 Å². The third kappa shape index (κ3) is 6.14. The van der Waals surface area contributed by atoms with Gasteiger partial charge < -0.3 is 21.3 Å². The summed E-state index contributed by atoms with van der Waals surface area (Å²) in [5.41, 5.74) is 2.34. The van der Waals surface area contributed by atoms with Gasteiger partial charge in [-0.1, -0.05) is 13.0 Å². The van der Waals surface area contributed by atoms with Gasteiger partial charge in [-0.05, 0) is 48.9 Å². The van der Waals surface area contributed by atoms with E-state index >= 15 is 0 Å². The molecule has 142 valence electrons. The Labute approximate surface area is 158 Å². The molecule has 4 N–H and O–H groups in total. The first-order valence-corrected chi connectivity index (χ1v) is 8.77. The topological polar surface area (TPSA) is 99.3 Å². The number of nitrogens with one attached hydrogen (secondary N) is 4. The Morgan fingerprint density at radius 2 is 1.63 bits per heavy atom. The Kier molecular flexibility index (Phi) is 7.37. The number of hydrogen-bond donors (Lipinski definition) is 4. The molecule has 0 aromatic heterocycles. The second kappa shape index (κ2) is 9.96. The molecule has 0 fully saturated rings. The van der Waals surface area contributed by atoms with Gasteiger partial charge in [0.15, 0.2) is 0 Å². The van der Waals surface area contributed by atoms with Crippen molar-refractivity contribution in [3.63, 3.8) is 0 Å². The summed E-state index contributed by atoms with van der Waals surface area (Å²) < 4.78 is 0. The maximum absolute atomic E-state index is 12.1. The summed E-state index contributed by atoms with van der Waals surface area (Å²) >= 11 is 0. The Morgan fingerprint density at radius 3 is 2.30 bits per heavy atom. The smallest absolute Gasteiger partial charge is 0.251 e. The van der Waals surface area contributed by atoms with Crippen molar-refractivity contribution in [3.05, 3.63) is 59.7 Å². The van der Waals surface area contributed by atoms with Crippen LogP contribution >= 0.6 is 0 Å². The van der Waals surface area contributed by atoms with Gasteiger partial charge in [-0.25, -0.2) is 0 Å². The standard InChI is InChI=1S/C20H24N4O3/c1-3-11-22-20(27)15-5-4-6-17(12-15)23-13-18(25)24-16-9-7-14(8-10-16)19(26)21-2/h4-10,12,23H,3,11,13H2,1-2H3,(H,21,26)(H,22,27)(H,24,25). The van der Waals surface area contributed by atoms with Crippen molar-refractivity contribution in [3.8, 4) is 0 Å². The number of carbonyl (C=O) groups excluding carboxylic acids is 3. The molecule has 0 saturated heterocycles. The van der Waals surface area contributed by atoms with Gasteiger partial charge in [0.2, 0.25) is 5.91 Å². The molecule has 7 nitrogen and oxygen atoms in total. The molecule has 0 saturated carbocycles. The predicted octanol–water partition coefficient (Wildman–Crippen LogP) is 2.24. The number of anilines is 2. The molecule has 0 heterocycles. The molecule has 0 spiro atoms. The van der Waals surface area contributed by atoms with Gasteiger partial charge in [-0.15, -0.1) is 0 Å². The Bertz CT molecular complexity index is 803. The molecule has 0 bridgehead atoms. The summed E-state index contributed by atoms with van der Waals surface area (Å²) in [7, 11) is 1.56. The molecule has 0 radical (unpaired) electrons. The summed E-state index contributed by atoms with van der Waals surface area (Å²) in [5, 5.41) is 11.1. The fraction of sp³-hybridized carbons (Fsp3) is 0.250. The molecule has 0 aliphatic heterocycles. The highest BCUT2D eigenvalue weighted by atomic mass is 16.2. The van der Waals surface area contributed by atoms with Crippen molar-refractivity contribution >= 4 is 29.1 Å². The molecule has 3 amide bonds. The minimum Gasteiger partial charge on any atom is -0.376 e. The zero-order valence-electron chi connectivity index (χ0n) is 15.5. The number of amides is 3. The molecule has 7 heteroatoms. The fourth-order valence-electron chi connectivity index (χ4n) is 2.35. The van der Waals surface area contributed by atoms with E-state index < -0.39 is 0 Å². The lowest BCUT2D eigenvalue weighted by atomic mass is 10.2. The van der Waals surface area contributed by atoms with Crippen molar-refractivity contribution in [1.29, 1.82) is 0 Å². The largest absolute Gasteiger partial charge is 0.376 e. The van der Waals surface area contributed by atoms with Gasteiger partial charge in [0.05, 0.1) is 6.54 Å². The normalized spacial score (nSPS) is 10.0. The van der Waals surface area contributed by atoms with E-state index in [1.54, 1.807) is 55.6 Å². The van der Waals surface area contributed by atoms with E-state index in [4.69, 9.17) is 0 Å². The number of hydrogen-bond acceptors (Lipinski definition) is 4. The first-order chi connectivity index (χ1) is 13.0. The number of carbonyl (C=O) groups is 3. The highest BCUT2D eigenvalue weighted by molar-refractivity contribution is 5.97. The van der Waals surface area contributed by atoms with Crippen LogP contribution in [0.5, 0.6) is 0 Å². The summed E-state index contributed by atoms with van der Waals surface area (Å²) in [6.45, 7) is 2.66. The zero-order chi connectivity index (χ0) is 19.6. The van der Waals surface area contributed by atoms with Crippen LogP contribution in [0.1, 0.15) is 34.1 Å². The maximum atomic E-state index is 12.1. The van der Waals surface area contributed by atoms with Crippen LogP contribution in [0.4, 0.5) is 11.4 Å². The fourth-order valence-corrected chi connectivity index (χ4v) is 2.35. The van der Waals surface area contributed by atoms with Crippen LogP contribution in [0.15, 0.2) is 48.5 Å². The summed E-state index contributed by atoms with van der Waals surface area (Å²) in [4.78, 5) is 35.6. The van der Waals surface area contributed by atoms with Crippen molar-refractivity contribution in [2.75, 3.05) is 30.8 Å². The van der Waals surface area contributed by atoms with Gasteiger partial charge in [0, 0.05) is 36.1 Å². The third-order valence-corrected chi connectivity index (χ3v) is 3.77. The van der Waals surface area contributed by atoms with E-state index in [0.29, 0.717) is 29.0 Å². The van der Waals surface area contributed by atoms with E-state index in [1.165, 1.54) is 0 Å². The van der Waals surface area contributed by atoms with Crippen molar-refractivity contribution in [2.24, 2.45) is 0 Å². The van der Waals surface area contributed by atoms with Crippen LogP contribution in [0.25, 0.3) is 0 Å². The highest BCUT2D eigenvalue weighted by Crippen LogP contribution is 2.12. The molecular weight excluding hydrogens is 344 g/mol. The van der Waals surface area contributed by atoms with Crippen molar-refractivity contribution in [1.82, 2.24) is 10.6 Å². The van der Waals surface area contributed by atoms with Crippen LogP contribution in [0.3, 0.4) is 0 Å². The van der Waals surface area contributed by atoms with E-state index in [2.05, 4.69) is 21.3 Å². The van der Waals surface area contributed by atoms with Crippen LogP contribution in [-0.2, 0) is 4.79 Å². The molecule has 0 atom stereocenters. The van der Waals surface area contributed by atoms with Gasteiger partial charge in [-0.3, -0.25) is 14.4 Å². The Balaban J connectivity index is 1.88. The molecule has 0 aliphatic carbocycles. The lowest BCUT2D eigenvalue weighted by molar-refractivity contribution is -0.114. The molecule has 2 aromatic rings. The average molecular weight is 368 g/mol. The quantitative estimate of drug-likeness (QED) is 0.574. The Morgan fingerprint density at radius 1 is 0.889 bits per heavy atom. The van der Waals surface area contributed by atoms with E-state index in [-0.39, 0.29) is 24.3 Å². The number of rotatable bonds is 8. The summed E-state index contributed by atoms with van der Waals surface area (Å²) in [6, 6.07) is 13.6. The SMILES string of the molecule is CCCNC(=O)c1cccc(NCC(=O)Nc2ccc(C(=O)NC)cc2)c1. The second-order valence-electron chi connectivity index (χ2n) is 5.89. The minimum absolute atomic E-state index is 0.0528. The molecular formula is C20H24N4O3. The third-order valence-electron chi connectivity index (χ3n) is 3.77. The highest BCUT2D eigenvalue weighted by Gasteiger charge is 2.07. The summed E-state index contributed by atoms with van der Waals surface area (Å²) in [6.07, 6.45) is 0.869. The van der Waals surface area contributed by atoms with E-state index in [9.17, 15) is 14.4 Å². The second-order valence-corrected chi connectivity index (χ2v) is 5.89. The molecule has 2 rings (SSSR count). The Hall–Kier alpha value is -3.35. The molecule has 0 unspecified atom stereocenters. The molecule has 27 heavy (non-hydrogen) atoms. The maximum Gasteiger partial charge on any atom is 0.251 e. The molecule has 0 aliphatic rings. The van der Waals surface area contributed by atoms with Crippen LogP contribution < -0.4 is 21.3 Å². The first kappa shape index (κ1) is 20.0. The van der Waals surface area contributed by atoms with Crippen molar-refractivity contribution < 1.29 is 14.4 Å². The van der Waals surface area contributed by atoms with Crippen LogP contribution in [-0.4, -0.2) is 37.9 Å². The van der Waals surface area contributed by atoms with E-state index in [0.717, 1.165) is 6.42 Å². The number of benzene rings is 2. The van der Waals surface area contributed by atoms with Crippen molar-refractivity contribution in [2.45, 2.75) is 13.3 Å². The molecule has 2 aromatic carbocycles.